The van der Waals surface area contributed by atoms with Crippen molar-refractivity contribution in [1.29, 1.82) is 0 Å². The number of para-hydroxylation sites is 1. The van der Waals surface area contributed by atoms with Gasteiger partial charge in [-0.1, -0.05) is 30.9 Å². The molecule has 0 N–H and O–H groups in total. The van der Waals surface area contributed by atoms with Crippen LogP contribution in [-0.4, -0.2) is 19.3 Å². The Hall–Kier alpha value is -3.67. The van der Waals surface area contributed by atoms with Crippen LogP contribution in [0.25, 0.3) is 0 Å². The third kappa shape index (κ3) is 3.57. The maximum absolute atomic E-state index is 13.1. The van der Waals surface area contributed by atoms with Crippen molar-refractivity contribution < 1.29 is 23.4 Å². The number of rotatable bonds is 7. The van der Waals surface area contributed by atoms with Crippen LogP contribution in [0.3, 0.4) is 0 Å². The van der Waals surface area contributed by atoms with Gasteiger partial charge in [-0.25, -0.2) is 0 Å². The largest absolute Gasteiger partial charge is 0.489 e. The Morgan fingerprint density at radius 1 is 1.11 bits per heavy atom. The molecule has 2 aromatic carbocycles. The highest BCUT2D eigenvalue weighted by molar-refractivity contribution is 6.04. The molecule has 1 aromatic heterocycles. The minimum atomic E-state index is -0.262. The van der Waals surface area contributed by atoms with Crippen LogP contribution in [0.4, 0.5) is 5.69 Å². The van der Waals surface area contributed by atoms with E-state index >= 15 is 0 Å². The van der Waals surface area contributed by atoms with Gasteiger partial charge in [-0.2, -0.15) is 0 Å². The molecule has 0 saturated carbocycles. The fraction of sp³-hybridized carbons (Fsp3) is 0.136. The first-order chi connectivity index (χ1) is 13.8. The van der Waals surface area contributed by atoms with E-state index in [1.54, 1.807) is 35.2 Å². The van der Waals surface area contributed by atoms with E-state index in [1.165, 1.54) is 6.26 Å². The summed E-state index contributed by atoms with van der Waals surface area (Å²) in [4.78, 5) is 14.8. The third-order valence-corrected chi connectivity index (χ3v) is 4.30. The molecular weight excluding hydrogens is 358 g/mol. The molecule has 1 aliphatic heterocycles. The van der Waals surface area contributed by atoms with Gasteiger partial charge in [0.25, 0.3) is 5.91 Å². The zero-order chi connectivity index (χ0) is 19.3. The van der Waals surface area contributed by atoms with Crippen LogP contribution in [0, 0.1) is 0 Å². The second-order valence-corrected chi connectivity index (χ2v) is 6.11. The van der Waals surface area contributed by atoms with E-state index in [2.05, 4.69) is 6.58 Å². The summed E-state index contributed by atoms with van der Waals surface area (Å²) < 4.78 is 21.9. The van der Waals surface area contributed by atoms with Gasteiger partial charge in [-0.3, -0.25) is 4.79 Å². The Morgan fingerprint density at radius 2 is 1.96 bits per heavy atom. The Labute approximate surface area is 162 Å². The molecule has 0 atom stereocenters. The molecule has 2 heterocycles. The van der Waals surface area contributed by atoms with Gasteiger partial charge in [0.05, 0.1) is 12.8 Å². The van der Waals surface area contributed by atoms with Gasteiger partial charge in [0.2, 0.25) is 6.79 Å². The molecule has 4 rings (SSSR count). The molecule has 0 spiro atoms. The first kappa shape index (κ1) is 17.7. The molecule has 1 aliphatic rings. The van der Waals surface area contributed by atoms with Gasteiger partial charge in [0.1, 0.15) is 12.4 Å². The van der Waals surface area contributed by atoms with Crippen LogP contribution in [0.15, 0.2) is 77.9 Å². The monoisotopic (exact) mass is 377 g/mol. The maximum Gasteiger partial charge on any atom is 0.294 e. The number of hydrogen-bond acceptors (Lipinski definition) is 5. The Kier molecular flexibility index (Phi) is 5.01. The van der Waals surface area contributed by atoms with Crippen LogP contribution in [0.1, 0.15) is 16.1 Å². The minimum absolute atomic E-state index is 0.170. The number of amides is 1. The van der Waals surface area contributed by atoms with E-state index < -0.39 is 0 Å². The van der Waals surface area contributed by atoms with Gasteiger partial charge in [0.15, 0.2) is 17.3 Å². The van der Waals surface area contributed by atoms with Gasteiger partial charge in [0, 0.05) is 17.3 Å². The number of anilines is 1. The lowest BCUT2D eigenvalue weighted by Crippen LogP contribution is -2.30. The average molecular weight is 377 g/mol. The van der Waals surface area contributed by atoms with E-state index in [9.17, 15) is 4.79 Å². The lowest BCUT2D eigenvalue weighted by Gasteiger charge is -2.23. The quantitative estimate of drug-likeness (QED) is 0.571. The Bertz CT molecular complexity index is 980. The molecule has 6 nitrogen and oxygen atoms in total. The zero-order valence-corrected chi connectivity index (χ0v) is 15.2. The molecule has 1 amide bonds. The number of fused-ring (bicyclic) bond motifs is 1. The van der Waals surface area contributed by atoms with E-state index in [4.69, 9.17) is 18.6 Å². The zero-order valence-electron chi connectivity index (χ0n) is 15.2. The molecule has 3 aromatic rings. The van der Waals surface area contributed by atoms with Crippen molar-refractivity contribution in [2.75, 3.05) is 18.3 Å². The van der Waals surface area contributed by atoms with Crippen molar-refractivity contribution in [3.63, 3.8) is 0 Å². The first-order valence-electron chi connectivity index (χ1n) is 8.83. The van der Waals surface area contributed by atoms with Gasteiger partial charge in [-0.15, -0.1) is 0 Å². The third-order valence-electron chi connectivity index (χ3n) is 4.30. The summed E-state index contributed by atoms with van der Waals surface area (Å²) in [5.41, 5.74) is 1.53. The average Bonchev–Trinajstić information content (AvgIpc) is 3.42. The SMILES string of the molecule is C=CCOc1ccccc1CN(C(=O)c1ccco1)c1ccc2c(c1)OCO2. The maximum atomic E-state index is 13.1. The van der Waals surface area contributed by atoms with E-state index in [0.717, 1.165) is 5.56 Å². The predicted octanol–water partition coefficient (Wildman–Crippen LogP) is 4.42. The molecule has 0 fully saturated rings. The number of nitrogens with zero attached hydrogens (tertiary/aromatic N) is 1. The number of carbonyl (C=O) groups excluding carboxylic acids is 1. The highest BCUT2D eigenvalue weighted by Gasteiger charge is 2.24. The Balaban J connectivity index is 1.70. The van der Waals surface area contributed by atoms with Crippen molar-refractivity contribution in [2.45, 2.75) is 6.54 Å². The van der Waals surface area contributed by atoms with Crippen LogP contribution in [0.5, 0.6) is 17.2 Å². The summed E-state index contributed by atoms with van der Waals surface area (Å²) in [6.07, 6.45) is 3.16. The second-order valence-electron chi connectivity index (χ2n) is 6.11. The summed E-state index contributed by atoms with van der Waals surface area (Å²) in [6, 6.07) is 16.3. The minimum Gasteiger partial charge on any atom is -0.489 e. The number of benzene rings is 2. The summed E-state index contributed by atoms with van der Waals surface area (Å²) in [6.45, 7) is 4.53. The fourth-order valence-electron chi connectivity index (χ4n) is 2.96. The van der Waals surface area contributed by atoms with Crippen molar-refractivity contribution in [3.8, 4) is 17.2 Å². The fourth-order valence-corrected chi connectivity index (χ4v) is 2.96. The second kappa shape index (κ2) is 7.92. The number of carbonyl (C=O) groups is 1. The highest BCUT2D eigenvalue weighted by Crippen LogP contribution is 2.36. The summed E-state index contributed by atoms with van der Waals surface area (Å²) >= 11 is 0. The molecule has 0 saturated heterocycles. The standard InChI is InChI=1S/C22H19NO5/c1-2-11-25-18-7-4-3-6-16(18)14-23(22(24)20-8-5-12-26-20)17-9-10-19-21(13-17)28-15-27-19/h2-10,12-13H,1,11,14-15H2. The van der Waals surface area contributed by atoms with Crippen LogP contribution < -0.4 is 19.1 Å². The molecule has 0 radical (unpaired) electrons. The first-order valence-corrected chi connectivity index (χ1v) is 8.83. The van der Waals surface area contributed by atoms with Crippen molar-refractivity contribution in [3.05, 3.63) is 84.8 Å². The van der Waals surface area contributed by atoms with Crippen LogP contribution in [-0.2, 0) is 6.54 Å². The molecule has 28 heavy (non-hydrogen) atoms. The molecular formula is C22H19NO5. The highest BCUT2D eigenvalue weighted by atomic mass is 16.7. The topological polar surface area (TPSA) is 61.1 Å². The smallest absolute Gasteiger partial charge is 0.294 e. The van der Waals surface area contributed by atoms with Gasteiger partial charge < -0.3 is 23.5 Å². The van der Waals surface area contributed by atoms with Gasteiger partial charge >= 0.3 is 0 Å². The summed E-state index contributed by atoms with van der Waals surface area (Å²) in [5, 5.41) is 0. The summed E-state index contributed by atoms with van der Waals surface area (Å²) in [7, 11) is 0. The van der Waals surface area contributed by atoms with Crippen molar-refractivity contribution in [2.24, 2.45) is 0 Å². The molecule has 6 heteroatoms. The lowest BCUT2D eigenvalue weighted by atomic mass is 10.1. The molecule has 0 aliphatic carbocycles. The molecule has 0 bridgehead atoms. The number of furan rings is 1. The van der Waals surface area contributed by atoms with Crippen LogP contribution in [0.2, 0.25) is 0 Å². The predicted molar refractivity (Wildman–Crippen MR) is 104 cm³/mol. The molecule has 0 unspecified atom stereocenters. The summed E-state index contributed by atoms with van der Waals surface area (Å²) in [5.74, 6) is 1.94. The number of ether oxygens (including phenoxy) is 3. The van der Waals surface area contributed by atoms with E-state index in [-0.39, 0.29) is 18.5 Å². The lowest BCUT2D eigenvalue weighted by molar-refractivity contribution is 0.0958. The van der Waals surface area contributed by atoms with Crippen molar-refractivity contribution in [1.82, 2.24) is 0 Å². The van der Waals surface area contributed by atoms with Gasteiger partial charge in [-0.05, 0) is 30.3 Å². The number of hydrogen-bond donors (Lipinski definition) is 0. The van der Waals surface area contributed by atoms with E-state index in [1.807, 2.05) is 30.3 Å². The normalized spacial score (nSPS) is 11.9. The van der Waals surface area contributed by atoms with Crippen LogP contribution >= 0.6 is 0 Å². The van der Waals surface area contributed by atoms with E-state index in [0.29, 0.717) is 36.1 Å². The van der Waals surface area contributed by atoms with Crippen molar-refractivity contribution >= 4 is 11.6 Å². The Morgan fingerprint density at radius 3 is 2.79 bits per heavy atom. The molecule has 142 valence electrons.